The van der Waals surface area contributed by atoms with Crippen LogP contribution in [-0.2, 0) is 11.2 Å². The molecule has 0 radical (unpaired) electrons. The van der Waals surface area contributed by atoms with Crippen LogP contribution in [-0.4, -0.2) is 28.6 Å². The van der Waals surface area contributed by atoms with Gasteiger partial charge in [0, 0.05) is 12.1 Å². The molecule has 18 heavy (non-hydrogen) atoms. The molecule has 0 bridgehead atoms. The van der Waals surface area contributed by atoms with Gasteiger partial charge in [-0.3, -0.25) is 14.9 Å². The van der Waals surface area contributed by atoms with E-state index in [9.17, 15) is 14.9 Å². The van der Waals surface area contributed by atoms with Gasteiger partial charge in [-0.25, -0.2) is 0 Å². The zero-order valence-electron chi connectivity index (χ0n) is 10.1. The van der Waals surface area contributed by atoms with E-state index in [-0.39, 0.29) is 30.7 Å². The maximum atomic E-state index is 11.6. The van der Waals surface area contributed by atoms with Gasteiger partial charge >= 0.3 is 0 Å². The molecule has 1 aromatic rings. The van der Waals surface area contributed by atoms with Crippen LogP contribution in [0.2, 0.25) is 0 Å². The van der Waals surface area contributed by atoms with Crippen LogP contribution in [0.5, 0.6) is 0 Å². The Balaban J connectivity index is 2.64. The fourth-order valence-electron chi connectivity index (χ4n) is 1.52. The molecule has 98 valence electrons. The molecule has 0 heterocycles. The third-order valence-corrected chi connectivity index (χ3v) is 2.56. The van der Waals surface area contributed by atoms with Gasteiger partial charge in [-0.05, 0) is 12.0 Å². The Hall–Kier alpha value is -1.95. The van der Waals surface area contributed by atoms with Gasteiger partial charge in [-0.1, -0.05) is 19.1 Å². The van der Waals surface area contributed by atoms with Gasteiger partial charge in [0.2, 0.25) is 5.91 Å². The lowest BCUT2D eigenvalue weighted by atomic mass is 10.1. The van der Waals surface area contributed by atoms with Crippen LogP contribution in [0.15, 0.2) is 24.3 Å². The van der Waals surface area contributed by atoms with Gasteiger partial charge in [0.05, 0.1) is 24.0 Å². The molecule has 1 aromatic carbocycles. The van der Waals surface area contributed by atoms with E-state index in [0.717, 1.165) is 0 Å². The first-order valence-corrected chi connectivity index (χ1v) is 5.70. The molecule has 0 aromatic heterocycles. The van der Waals surface area contributed by atoms with Crippen molar-refractivity contribution in [2.45, 2.75) is 25.8 Å². The van der Waals surface area contributed by atoms with E-state index in [0.29, 0.717) is 12.0 Å². The molecular formula is C12H16N2O4. The van der Waals surface area contributed by atoms with Crippen molar-refractivity contribution in [1.29, 1.82) is 0 Å². The van der Waals surface area contributed by atoms with E-state index in [4.69, 9.17) is 5.11 Å². The quantitative estimate of drug-likeness (QED) is 0.584. The number of aliphatic hydroxyl groups is 1. The Bertz CT molecular complexity index is 430. The zero-order chi connectivity index (χ0) is 13.5. The maximum Gasteiger partial charge on any atom is 0.269 e. The van der Waals surface area contributed by atoms with Crippen LogP contribution < -0.4 is 5.32 Å². The third-order valence-electron chi connectivity index (χ3n) is 2.56. The topological polar surface area (TPSA) is 92.5 Å². The van der Waals surface area contributed by atoms with Gasteiger partial charge < -0.3 is 10.4 Å². The van der Waals surface area contributed by atoms with Gasteiger partial charge in [0.15, 0.2) is 0 Å². The van der Waals surface area contributed by atoms with Crippen LogP contribution in [0.4, 0.5) is 5.69 Å². The Morgan fingerprint density at radius 1 is 1.56 bits per heavy atom. The van der Waals surface area contributed by atoms with Gasteiger partial charge in [-0.15, -0.1) is 0 Å². The largest absolute Gasteiger partial charge is 0.394 e. The van der Waals surface area contributed by atoms with Gasteiger partial charge in [-0.2, -0.15) is 0 Å². The Morgan fingerprint density at radius 2 is 2.28 bits per heavy atom. The van der Waals surface area contributed by atoms with Crippen molar-refractivity contribution in [2.75, 3.05) is 6.61 Å². The number of amides is 1. The second-order valence-corrected chi connectivity index (χ2v) is 3.96. The number of rotatable bonds is 6. The number of non-ortho nitro benzene ring substituents is 1. The fraction of sp³-hybridized carbons (Fsp3) is 0.417. The number of nitro groups is 1. The van der Waals surface area contributed by atoms with Crippen molar-refractivity contribution >= 4 is 11.6 Å². The molecule has 0 aliphatic rings. The summed E-state index contributed by atoms with van der Waals surface area (Å²) in [4.78, 5) is 21.7. The van der Waals surface area contributed by atoms with Crippen molar-refractivity contribution in [1.82, 2.24) is 5.32 Å². The highest BCUT2D eigenvalue weighted by molar-refractivity contribution is 5.79. The molecule has 0 spiro atoms. The standard InChI is InChI=1S/C12H16N2O4/c1-2-10(8-15)13-12(16)7-9-4-3-5-11(6-9)14(17)18/h3-6,10,15H,2,7-8H2,1H3,(H,13,16)/t10-/m1/s1. The summed E-state index contributed by atoms with van der Waals surface area (Å²) >= 11 is 0. The van der Waals surface area contributed by atoms with Gasteiger partial charge in [0.1, 0.15) is 0 Å². The minimum atomic E-state index is -0.496. The summed E-state index contributed by atoms with van der Waals surface area (Å²) in [5.41, 5.74) is 0.545. The fourth-order valence-corrected chi connectivity index (χ4v) is 1.52. The van der Waals surface area contributed by atoms with E-state index in [1.807, 2.05) is 6.92 Å². The van der Waals surface area contributed by atoms with E-state index >= 15 is 0 Å². The molecule has 1 rings (SSSR count). The molecule has 0 unspecified atom stereocenters. The second-order valence-electron chi connectivity index (χ2n) is 3.96. The maximum absolute atomic E-state index is 11.6. The van der Waals surface area contributed by atoms with Crippen LogP contribution in [0.3, 0.4) is 0 Å². The normalized spacial score (nSPS) is 11.9. The molecule has 0 saturated heterocycles. The lowest BCUT2D eigenvalue weighted by Crippen LogP contribution is -2.37. The Labute approximate surface area is 105 Å². The molecule has 0 aliphatic heterocycles. The molecular weight excluding hydrogens is 236 g/mol. The number of nitrogens with zero attached hydrogens (tertiary/aromatic N) is 1. The summed E-state index contributed by atoms with van der Waals surface area (Å²) in [5, 5.41) is 22.2. The molecule has 0 saturated carbocycles. The molecule has 1 amide bonds. The third kappa shape index (κ3) is 4.14. The lowest BCUT2D eigenvalue weighted by Gasteiger charge is -2.13. The molecule has 6 heteroatoms. The minimum Gasteiger partial charge on any atom is -0.394 e. The number of carbonyl (C=O) groups excluding carboxylic acids is 1. The first-order valence-electron chi connectivity index (χ1n) is 5.70. The van der Waals surface area contributed by atoms with Crippen molar-refractivity contribution in [2.24, 2.45) is 0 Å². The molecule has 0 fully saturated rings. The van der Waals surface area contributed by atoms with Crippen molar-refractivity contribution < 1.29 is 14.8 Å². The smallest absolute Gasteiger partial charge is 0.269 e. The summed E-state index contributed by atoms with van der Waals surface area (Å²) < 4.78 is 0. The monoisotopic (exact) mass is 252 g/mol. The zero-order valence-corrected chi connectivity index (χ0v) is 10.1. The second kappa shape index (κ2) is 6.70. The van der Waals surface area contributed by atoms with Gasteiger partial charge in [0.25, 0.3) is 5.69 Å². The molecule has 1 atom stereocenters. The highest BCUT2D eigenvalue weighted by Gasteiger charge is 2.11. The first kappa shape index (κ1) is 14.1. The van der Waals surface area contributed by atoms with E-state index < -0.39 is 4.92 Å². The summed E-state index contributed by atoms with van der Waals surface area (Å²) in [7, 11) is 0. The summed E-state index contributed by atoms with van der Waals surface area (Å²) in [6.45, 7) is 1.74. The van der Waals surface area contributed by atoms with Crippen LogP contribution in [0, 0.1) is 10.1 Å². The highest BCUT2D eigenvalue weighted by atomic mass is 16.6. The number of nitrogens with one attached hydrogen (secondary N) is 1. The van der Waals surface area contributed by atoms with E-state index in [1.54, 1.807) is 12.1 Å². The van der Waals surface area contributed by atoms with E-state index in [1.165, 1.54) is 12.1 Å². The number of nitro benzene ring substituents is 1. The van der Waals surface area contributed by atoms with Crippen molar-refractivity contribution in [3.63, 3.8) is 0 Å². The highest BCUT2D eigenvalue weighted by Crippen LogP contribution is 2.13. The minimum absolute atomic E-state index is 0.0329. The van der Waals surface area contributed by atoms with Crippen LogP contribution in [0.25, 0.3) is 0 Å². The number of benzene rings is 1. The molecule has 2 N–H and O–H groups in total. The Kier molecular flexibility index (Phi) is 5.26. The molecule has 0 aliphatic carbocycles. The average molecular weight is 252 g/mol. The summed E-state index contributed by atoms with van der Waals surface area (Å²) in [6.07, 6.45) is 0.704. The van der Waals surface area contributed by atoms with Crippen LogP contribution in [0.1, 0.15) is 18.9 Å². The van der Waals surface area contributed by atoms with Crippen LogP contribution >= 0.6 is 0 Å². The molecule has 6 nitrogen and oxygen atoms in total. The predicted octanol–water partition coefficient (Wildman–Crippen LogP) is 1.02. The number of carbonyl (C=O) groups is 1. The SMILES string of the molecule is CC[C@H](CO)NC(=O)Cc1cccc([N+](=O)[O-])c1. The first-order chi connectivity index (χ1) is 8.56. The van der Waals surface area contributed by atoms with E-state index in [2.05, 4.69) is 5.32 Å². The summed E-state index contributed by atoms with van der Waals surface area (Å²) in [5.74, 6) is -0.253. The number of hydrogen-bond acceptors (Lipinski definition) is 4. The number of hydrogen-bond donors (Lipinski definition) is 2. The average Bonchev–Trinajstić information content (AvgIpc) is 2.36. The predicted molar refractivity (Wildman–Crippen MR) is 66.1 cm³/mol. The Morgan fingerprint density at radius 3 is 2.83 bits per heavy atom. The van der Waals surface area contributed by atoms with Crippen molar-refractivity contribution in [3.05, 3.63) is 39.9 Å². The van der Waals surface area contributed by atoms with Crippen molar-refractivity contribution in [3.8, 4) is 0 Å². The lowest BCUT2D eigenvalue weighted by molar-refractivity contribution is -0.384. The number of aliphatic hydroxyl groups excluding tert-OH is 1. The summed E-state index contributed by atoms with van der Waals surface area (Å²) in [6, 6.07) is 5.69.